The lowest BCUT2D eigenvalue weighted by Gasteiger charge is -2.32. The number of non-ortho nitro benzene ring substituents is 1. The summed E-state index contributed by atoms with van der Waals surface area (Å²) in [4.78, 5) is 15.1. The molecule has 7 heteroatoms. The van der Waals surface area contributed by atoms with Crippen LogP contribution in [0.15, 0.2) is 24.3 Å². The van der Waals surface area contributed by atoms with Crippen LogP contribution in [0.4, 0.5) is 11.4 Å². The molecule has 1 fully saturated rings. The smallest absolute Gasteiger partial charge is 0.295 e. The minimum absolute atomic E-state index is 0.00188. The van der Waals surface area contributed by atoms with Crippen LogP contribution in [0.3, 0.4) is 0 Å². The summed E-state index contributed by atoms with van der Waals surface area (Å²) in [6, 6.07) is 6.81. The molecule has 3 rings (SSSR count). The summed E-state index contributed by atoms with van der Waals surface area (Å²) in [6.45, 7) is 2.25. The Hall–Kier alpha value is -1.86. The largest absolute Gasteiger partial charge is 0.388 e. The molecule has 0 spiro atoms. The number of thioether (sulfide) groups is 1. The average Bonchev–Trinajstić information content (AvgIpc) is 2.52. The molecule has 1 aliphatic heterocycles. The van der Waals surface area contributed by atoms with E-state index in [4.69, 9.17) is 0 Å². The Labute approximate surface area is 138 Å². The van der Waals surface area contributed by atoms with Gasteiger partial charge in [0.2, 0.25) is 0 Å². The second-order valence-electron chi connectivity index (χ2n) is 5.93. The van der Waals surface area contributed by atoms with Crippen molar-refractivity contribution >= 4 is 34.0 Å². The van der Waals surface area contributed by atoms with Gasteiger partial charge in [-0.15, -0.1) is 0 Å². The van der Waals surface area contributed by atoms with Crippen molar-refractivity contribution in [3.63, 3.8) is 0 Å². The Morgan fingerprint density at radius 2 is 2.17 bits per heavy atom. The van der Waals surface area contributed by atoms with E-state index in [9.17, 15) is 15.2 Å². The SMILES string of the molecule is Cc1cc(NCC2(O)CCSCC2)c2cccc([N+](=O)[O-])c2n1. The van der Waals surface area contributed by atoms with Gasteiger partial charge in [-0.2, -0.15) is 11.8 Å². The quantitative estimate of drug-likeness (QED) is 0.660. The fourth-order valence-electron chi connectivity index (χ4n) is 2.84. The second-order valence-corrected chi connectivity index (χ2v) is 7.16. The maximum absolute atomic E-state index is 11.2. The number of pyridine rings is 1. The molecule has 1 saturated heterocycles. The molecule has 0 unspecified atom stereocenters. The number of nitro benzene ring substituents is 1. The monoisotopic (exact) mass is 333 g/mol. The predicted molar refractivity (Wildman–Crippen MR) is 93.1 cm³/mol. The third-order valence-corrected chi connectivity index (χ3v) is 5.16. The highest BCUT2D eigenvalue weighted by molar-refractivity contribution is 7.99. The Balaban J connectivity index is 1.94. The van der Waals surface area contributed by atoms with Crippen molar-refractivity contribution in [2.24, 2.45) is 0 Å². The number of nitrogens with zero attached hydrogens (tertiary/aromatic N) is 2. The predicted octanol–water partition coefficient (Wildman–Crippen LogP) is 3.12. The third-order valence-electron chi connectivity index (χ3n) is 4.17. The van der Waals surface area contributed by atoms with Gasteiger partial charge in [-0.05, 0) is 37.3 Å². The van der Waals surface area contributed by atoms with Crippen LogP contribution in [0.25, 0.3) is 10.9 Å². The Kier molecular flexibility index (Phi) is 4.41. The molecular formula is C16H19N3O3S. The number of nitrogens with one attached hydrogen (secondary N) is 1. The Morgan fingerprint density at radius 3 is 2.87 bits per heavy atom. The van der Waals surface area contributed by atoms with Crippen molar-refractivity contribution in [2.45, 2.75) is 25.4 Å². The molecule has 0 atom stereocenters. The highest BCUT2D eigenvalue weighted by atomic mass is 32.2. The number of fused-ring (bicyclic) bond motifs is 1. The zero-order chi connectivity index (χ0) is 16.4. The number of anilines is 1. The maximum Gasteiger partial charge on any atom is 0.295 e. The third kappa shape index (κ3) is 3.40. The average molecular weight is 333 g/mol. The summed E-state index contributed by atoms with van der Waals surface area (Å²) in [5.74, 6) is 1.92. The summed E-state index contributed by atoms with van der Waals surface area (Å²) in [5.41, 5.74) is 1.16. The van der Waals surface area contributed by atoms with Crippen molar-refractivity contribution < 1.29 is 10.0 Å². The first-order valence-corrected chi connectivity index (χ1v) is 8.73. The number of rotatable bonds is 4. The van der Waals surface area contributed by atoms with Crippen LogP contribution >= 0.6 is 11.8 Å². The molecule has 2 N–H and O–H groups in total. The van der Waals surface area contributed by atoms with E-state index in [1.165, 1.54) is 6.07 Å². The molecular weight excluding hydrogens is 314 g/mol. The van der Waals surface area contributed by atoms with Crippen LogP contribution in [-0.4, -0.2) is 38.7 Å². The van der Waals surface area contributed by atoms with Crippen LogP contribution in [-0.2, 0) is 0 Å². The minimum Gasteiger partial charge on any atom is -0.388 e. The fraction of sp³-hybridized carbons (Fsp3) is 0.438. The summed E-state index contributed by atoms with van der Waals surface area (Å²) in [5, 5.41) is 25.8. The van der Waals surface area contributed by atoms with Crippen LogP contribution < -0.4 is 5.32 Å². The number of aliphatic hydroxyl groups is 1. The number of hydrogen-bond donors (Lipinski definition) is 2. The van der Waals surface area contributed by atoms with Crippen LogP contribution in [0.2, 0.25) is 0 Å². The Bertz CT molecular complexity index is 745. The van der Waals surface area contributed by atoms with Crippen molar-refractivity contribution in [1.82, 2.24) is 4.98 Å². The van der Waals surface area contributed by atoms with Gasteiger partial charge in [0.1, 0.15) is 0 Å². The van der Waals surface area contributed by atoms with Crippen molar-refractivity contribution in [1.29, 1.82) is 0 Å². The van der Waals surface area contributed by atoms with Gasteiger partial charge in [0, 0.05) is 29.4 Å². The summed E-state index contributed by atoms with van der Waals surface area (Å²) in [6.07, 6.45) is 1.51. The minimum atomic E-state index is -0.713. The zero-order valence-corrected chi connectivity index (χ0v) is 13.7. The molecule has 0 aliphatic carbocycles. The number of aryl methyl sites for hydroxylation is 1. The van der Waals surface area contributed by atoms with Gasteiger partial charge in [-0.25, -0.2) is 4.98 Å². The Morgan fingerprint density at radius 1 is 1.43 bits per heavy atom. The number of hydrogen-bond acceptors (Lipinski definition) is 6. The zero-order valence-electron chi connectivity index (χ0n) is 12.9. The van der Waals surface area contributed by atoms with E-state index in [1.54, 1.807) is 6.07 Å². The van der Waals surface area contributed by atoms with E-state index in [0.29, 0.717) is 23.1 Å². The number of nitro groups is 1. The normalized spacial score (nSPS) is 17.1. The van der Waals surface area contributed by atoms with Crippen LogP contribution in [0.1, 0.15) is 18.5 Å². The first kappa shape index (κ1) is 16.0. The molecule has 6 nitrogen and oxygen atoms in total. The number of para-hydroxylation sites is 1. The molecule has 0 bridgehead atoms. The lowest BCUT2D eigenvalue weighted by atomic mass is 9.96. The molecule has 1 aromatic carbocycles. The van der Waals surface area contributed by atoms with E-state index < -0.39 is 10.5 Å². The summed E-state index contributed by atoms with van der Waals surface area (Å²) in [7, 11) is 0. The number of benzene rings is 1. The molecule has 0 radical (unpaired) electrons. The second kappa shape index (κ2) is 6.33. The van der Waals surface area contributed by atoms with E-state index in [2.05, 4.69) is 10.3 Å². The molecule has 1 aliphatic rings. The first-order chi connectivity index (χ1) is 11.0. The lowest BCUT2D eigenvalue weighted by Crippen LogP contribution is -2.40. The molecule has 0 saturated carbocycles. The van der Waals surface area contributed by atoms with Crippen molar-refractivity contribution in [3.8, 4) is 0 Å². The highest BCUT2D eigenvalue weighted by Crippen LogP contribution is 2.32. The molecule has 23 heavy (non-hydrogen) atoms. The maximum atomic E-state index is 11.2. The first-order valence-electron chi connectivity index (χ1n) is 7.57. The van der Waals surface area contributed by atoms with E-state index in [-0.39, 0.29) is 5.69 Å². The van der Waals surface area contributed by atoms with Gasteiger partial charge in [-0.1, -0.05) is 12.1 Å². The summed E-state index contributed by atoms with van der Waals surface area (Å²) >= 11 is 1.86. The van der Waals surface area contributed by atoms with Crippen LogP contribution in [0, 0.1) is 17.0 Å². The topological polar surface area (TPSA) is 88.3 Å². The molecule has 122 valence electrons. The lowest BCUT2D eigenvalue weighted by molar-refractivity contribution is -0.383. The van der Waals surface area contributed by atoms with E-state index in [1.807, 2.05) is 30.8 Å². The van der Waals surface area contributed by atoms with Gasteiger partial charge in [-0.3, -0.25) is 10.1 Å². The summed E-state index contributed by atoms with van der Waals surface area (Å²) < 4.78 is 0. The fourth-order valence-corrected chi connectivity index (χ4v) is 4.10. The molecule has 2 heterocycles. The van der Waals surface area contributed by atoms with Gasteiger partial charge in [0.15, 0.2) is 5.52 Å². The molecule has 2 aromatic rings. The van der Waals surface area contributed by atoms with Gasteiger partial charge in [0.05, 0.1) is 10.5 Å². The van der Waals surface area contributed by atoms with Crippen molar-refractivity contribution in [3.05, 3.63) is 40.1 Å². The van der Waals surface area contributed by atoms with Crippen molar-refractivity contribution in [2.75, 3.05) is 23.4 Å². The standard InChI is InChI=1S/C16H19N3O3S/c1-11-9-13(17-10-16(20)5-7-23-8-6-16)12-3-2-4-14(19(21)22)15(12)18-11/h2-4,9,20H,5-8,10H2,1H3,(H,17,18). The molecule has 1 aromatic heterocycles. The molecule has 0 amide bonds. The van der Waals surface area contributed by atoms with Gasteiger partial charge < -0.3 is 10.4 Å². The van der Waals surface area contributed by atoms with Gasteiger partial charge >= 0.3 is 0 Å². The number of aromatic nitrogens is 1. The van der Waals surface area contributed by atoms with Gasteiger partial charge in [0.25, 0.3) is 5.69 Å². The highest BCUT2D eigenvalue weighted by Gasteiger charge is 2.29. The van der Waals surface area contributed by atoms with E-state index in [0.717, 1.165) is 30.0 Å². The van der Waals surface area contributed by atoms with Crippen LogP contribution in [0.5, 0.6) is 0 Å². The van der Waals surface area contributed by atoms with E-state index >= 15 is 0 Å².